The van der Waals surface area contributed by atoms with Crippen LogP contribution in [0, 0.1) is 0 Å². The molecule has 0 saturated carbocycles. The number of hydrogen-bond acceptors (Lipinski definition) is 3. The molecule has 3 heterocycles. The topological polar surface area (TPSA) is 47.8 Å². The van der Waals surface area contributed by atoms with Gasteiger partial charge in [-0.05, 0) is 17.7 Å². The van der Waals surface area contributed by atoms with Gasteiger partial charge in [0.25, 0.3) is 5.56 Å². The Kier molecular flexibility index (Phi) is 1.73. The van der Waals surface area contributed by atoms with Gasteiger partial charge in [-0.2, -0.15) is 0 Å². The van der Waals surface area contributed by atoms with Gasteiger partial charge in [0, 0.05) is 11.8 Å². The van der Waals surface area contributed by atoms with E-state index in [0.29, 0.717) is 17.6 Å². The van der Waals surface area contributed by atoms with Crippen molar-refractivity contribution in [2.45, 2.75) is 6.54 Å². The van der Waals surface area contributed by atoms with Crippen LogP contribution in [0.5, 0.6) is 0 Å². The predicted octanol–water partition coefficient (Wildman–Crippen LogP) is 1.82. The van der Waals surface area contributed by atoms with E-state index in [-0.39, 0.29) is 5.56 Å². The summed E-state index contributed by atoms with van der Waals surface area (Å²) in [5.74, 6) is 0.746. The molecule has 0 N–H and O–H groups in total. The maximum atomic E-state index is 12.3. The number of rotatable bonds is 0. The van der Waals surface area contributed by atoms with Crippen molar-refractivity contribution < 1.29 is 0 Å². The Morgan fingerprint density at radius 3 is 2.94 bits per heavy atom. The summed E-state index contributed by atoms with van der Waals surface area (Å²) in [6, 6.07) is 11.6. The van der Waals surface area contributed by atoms with Gasteiger partial charge >= 0.3 is 0 Å². The highest BCUT2D eigenvalue weighted by molar-refractivity contribution is 5.77. The van der Waals surface area contributed by atoms with Crippen LogP contribution in [-0.4, -0.2) is 14.5 Å². The zero-order chi connectivity index (χ0) is 12.1. The molecule has 3 aromatic rings. The molecule has 86 valence electrons. The zero-order valence-corrected chi connectivity index (χ0v) is 9.50. The number of pyridine rings is 1. The van der Waals surface area contributed by atoms with E-state index in [0.717, 1.165) is 17.0 Å². The van der Waals surface area contributed by atoms with Crippen LogP contribution in [0.3, 0.4) is 0 Å². The zero-order valence-electron chi connectivity index (χ0n) is 9.50. The van der Waals surface area contributed by atoms with E-state index in [1.807, 2.05) is 30.3 Å². The fourth-order valence-electron chi connectivity index (χ4n) is 2.45. The lowest BCUT2D eigenvalue weighted by atomic mass is 10.1. The first-order chi connectivity index (χ1) is 8.84. The molecule has 1 aromatic carbocycles. The molecule has 0 spiro atoms. The first kappa shape index (κ1) is 9.53. The van der Waals surface area contributed by atoms with Crippen molar-refractivity contribution in [1.29, 1.82) is 0 Å². The minimum Gasteiger partial charge on any atom is -0.286 e. The molecule has 0 bridgehead atoms. The molecule has 0 unspecified atom stereocenters. The molecule has 2 aromatic heterocycles. The van der Waals surface area contributed by atoms with Gasteiger partial charge in [0.2, 0.25) is 0 Å². The third-order valence-corrected chi connectivity index (χ3v) is 3.30. The number of hydrogen-bond donors (Lipinski definition) is 0. The Hall–Kier alpha value is -2.49. The van der Waals surface area contributed by atoms with Crippen molar-refractivity contribution in [3.8, 4) is 11.4 Å². The van der Waals surface area contributed by atoms with Crippen molar-refractivity contribution >= 4 is 11.0 Å². The van der Waals surface area contributed by atoms with Crippen molar-refractivity contribution in [3.63, 3.8) is 0 Å². The summed E-state index contributed by atoms with van der Waals surface area (Å²) < 4.78 is 1.69. The van der Waals surface area contributed by atoms with Crippen molar-refractivity contribution in [2.24, 2.45) is 0 Å². The summed E-state index contributed by atoms with van der Waals surface area (Å²) in [4.78, 5) is 21.0. The summed E-state index contributed by atoms with van der Waals surface area (Å²) in [5.41, 5.74) is 3.21. The van der Waals surface area contributed by atoms with Gasteiger partial charge < -0.3 is 0 Å². The highest BCUT2D eigenvalue weighted by Gasteiger charge is 2.21. The van der Waals surface area contributed by atoms with E-state index in [9.17, 15) is 4.79 Å². The standard InChI is InChI=1S/C14H9N3O/c18-14-12-11(6-3-7-15-12)16-13-10-5-2-1-4-9(10)8-17(13)14/h1-7H,8H2. The number of nitrogens with zero attached hydrogens (tertiary/aromatic N) is 3. The predicted molar refractivity (Wildman–Crippen MR) is 68.3 cm³/mol. The molecule has 18 heavy (non-hydrogen) atoms. The summed E-state index contributed by atoms with van der Waals surface area (Å²) in [7, 11) is 0. The molecule has 1 aliphatic heterocycles. The first-order valence-electron chi connectivity index (χ1n) is 5.78. The van der Waals surface area contributed by atoms with Crippen LogP contribution >= 0.6 is 0 Å². The molecule has 4 heteroatoms. The fourth-order valence-corrected chi connectivity index (χ4v) is 2.45. The molecule has 0 aliphatic carbocycles. The van der Waals surface area contributed by atoms with E-state index >= 15 is 0 Å². The normalized spacial score (nSPS) is 12.4. The Balaban J connectivity index is 2.16. The molecule has 1 aliphatic rings. The Labute approximate surface area is 103 Å². The fraction of sp³-hybridized carbons (Fsp3) is 0.0714. The van der Waals surface area contributed by atoms with Gasteiger partial charge in [0.15, 0.2) is 5.52 Å². The second-order valence-corrected chi connectivity index (χ2v) is 4.35. The van der Waals surface area contributed by atoms with E-state index in [2.05, 4.69) is 9.97 Å². The minimum atomic E-state index is -0.0631. The lowest BCUT2D eigenvalue weighted by Crippen LogP contribution is -2.21. The quantitative estimate of drug-likeness (QED) is 0.467. The van der Waals surface area contributed by atoms with Gasteiger partial charge in [0.1, 0.15) is 5.82 Å². The molecule has 0 saturated heterocycles. The molecule has 0 atom stereocenters. The summed E-state index contributed by atoms with van der Waals surface area (Å²) >= 11 is 0. The smallest absolute Gasteiger partial charge is 0.280 e. The Bertz CT molecular complexity index is 836. The van der Waals surface area contributed by atoms with Crippen LogP contribution in [0.15, 0.2) is 47.4 Å². The Morgan fingerprint density at radius 1 is 1.11 bits per heavy atom. The van der Waals surface area contributed by atoms with Crippen LogP contribution < -0.4 is 5.56 Å². The van der Waals surface area contributed by atoms with Crippen LogP contribution in [0.25, 0.3) is 22.4 Å². The summed E-state index contributed by atoms with van der Waals surface area (Å²) in [5, 5.41) is 0. The average molecular weight is 235 g/mol. The SMILES string of the molecule is O=c1c2ncccc2nc2n1Cc1ccccc1-2. The van der Waals surface area contributed by atoms with Gasteiger partial charge in [-0.3, -0.25) is 9.36 Å². The number of fused-ring (bicyclic) bond motifs is 4. The lowest BCUT2D eigenvalue weighted by molar-refractivity contribution is 0.794. The molecule has 0 amide bonds. The van der Waals surface area contributed by atoms with Gasteiger partial charge in [0.05, 0.1) is 12.1 Å². The molecule has 4 nitrogen and oxygen atoms in total. The van der Waals surface area contributed by atoms with Crippen molar-refractivity contribution in [3.05, 3.63) is 58.5 Å². The minimum absolute atomic E-state index is 0.0631. The van der Waals surface area contributed by atoms with E-state index in [1.165, 1.54) is 0 Å². The van der Waals surface area contributed by atoms with E-state index in [4.69, 9.17) is 0 Å². The second kappa shape index (κ2) is 3.26. The van der Waals surface area contributed by atoms with Crippen molar-refractivity contribution in [1.82, 2.24) is 14.5 Å². The van der Waals surface area contributed by atoms with Gasteiger partial charge in [-0.1, -0.05) is 24.3 Å². The lowest BCUT2D eigenvalue weighted by Gasteiger charge is -2.03. The number of aromatic nitrogens is 3. The maximum absolute atomic E-state index is 12.3. The molecule has 0 fully saturated rings. The molecule has 4 rings (SSSR count). The monoisotopic (exact) mass is 235 g/mol. The number of benzene rings is 1. The maximum Gasteiger partial charge on any atom is 0.280 e. The van der Waals surface area contributed by atoms with Crippen LogP contribution in [-0.2, 0) is 6.54 Å². The Morgan fingerprint density at radius 2 is 2.00 bits per heavy atom. The summed E-state index contributed by atoms with van der Waals surface area (Å²) in [6.07, 6.45) is 1.63. The molecular weight excluding hydrogens is 226 g/mol. The van der Waals surface area contributed by atoms with Crippen LogP contribution in [0.2, 0.25) is 0 Å². The van der Waals surface area contributed by atoms with Gasteiger partial charge in [-0.15, -0.1) is 0 Å². The molecule has 0 radical (unpaired) electrons. The second-order valence-electron chi connectivity index (χ2n) is 4.35. The molecular formula is C14H9N3O. The van der Waals surface area contributed by atoms with Crippen molar-refractivity contribution in [2.75, 3.05) is 0 Å². The van der Waals surface area contributed by atoms with Gasteiger partial charge in [-0.25, -0.2) is 9.97 Å². The largest absolute Gasteiger partial charge is 0.286 e. The highest BCUT2D eigenvalue weighted by atomic mass is 16.1. The van der Waals surface area contributed by atoms with Crippen LogP contribution in [0.4, 0.5) is 0 Å². The highest BCUT2D eigenvalue weighted by Crippen LogP contribution is 2.28. The first-order valence-corrected chi connectivity index (χ1v) is 5.78. The average Bonchev–Trinajstić information content (AvgIpc) is 2.79. The summed E-state index contributed by atoms with van der Waals surface area (Å²) in [6.45, 7) is 0.587. The third-order valence-electron chi connectivity index (χ3n) is 3.30. The van der Waals surface area contributed by atoms with E-state index < -0.39 is 0 Å². The third kappa shape index (κ3) is 1.12. The van der Waals surface area contributed by atoms with E-state index in [1.54, 1.807) is 16.8 Å². The van der Waals surface area contributed by atoms with Crippen LogP contribution in [0.1, 0.15) is 5.56 Å².